The summed E-state index contributed by atoms with van der Waals surface area (Å²) in [6.07, 6.45) is 3.45. The van der Waals surface area contributed by atoms with Gasteiger partial charge in [-0.1, -0.05) is 12.1 Å². The van der Waals surface area contributed by atoms with Gasteiger partial charge in [-0.25, -0.2) is 0 Å². The molecule has 4 N–H and O–H groups in total. The Morgan fingerprint density at radius 2 is 1.95 bits per heavy atom. The molecule has 1 atom stereocenters. The van der Waals surface area contributed by atoms with Crippen LogP contribution in [0.15, 0.2) is 47.3 Å². The van der Waals surface area contributed by atoms with E-state index in [2.05, 4.69) is 10.6 Å². The minimum atomic E-state index is -0.617. The van der Waals surface area contributed by atoms with E-state index in [0.29, 0.717) is 24.2 Å². The molecule has 1 heterocycles. The maximum absolute atomic E-state index is 11.9. The number of hydrogen-bond donors (Lipinski definition) is 3. The number of furan rings is 1. The normalized spacial score (nSPS) is 11.7. The van der Waals surface area contributed by atoms with Gasteiger partial charge >= 0.3 is 0 Å². The summed E-state index contributed by atoms with van der Waals surface area (Å²) in [5.74, 6) is -0.567. The Bertz CT molecular complexity index is 621. The van der Waals surface area contributed by atoms with Gasteiger partial charge < -0.3 is 20.8 Å². The average molecular weight is 301 g/mol. The number of carbonyl (C=O) groups excluding carboxylic acids is 2. The van der Waals surface area contributed by atoms with E-state index in [-0.39, 0.29) is 11.8 Å². The zero-order chi connectivity index (χ0) is 15.9. The first kappa shape index (κ1) is 15.6. The summed E-state index contributed by atoms with van der Waals surface area (Å²) in [6, 6.07) is 8.42. The fourth-order valence-electron chi connectivity index (χ4n) is 1.91. The van der Waals surface area contributed by atoms with Crippen LogP contribution < -0.4 is 16.4 Å². The van der Waals surface area contributed by atoms with Crippen molar-refractivity contribution in [2.45, 2.75) is 19.4 Å². The Kier molecular flexibility index (Phi) is 5.19. The molecule has 6 nitrogen and oxygen atoms in total. The minimum absolute atomic E-state index is 0.229. The Morgan fingerprint density at radius 1 is 1.23 bits per heavy atom. The molecule has 2 aromatic rings. The predicted molar refractivity (Wildman–Crippen MR) is 83.2 cm³/mol. The van der Waals surface area contributed by atoms with Crippen LogP contribution in [0.5, 0.6) is 0 Å². The summed E-state index contributed by atoms with van der Waals surface area (Å²) in [5, 5.41) is 5.40. The van der Waals surface area contributed by atoms with E-state index < -0.39 is 6.04 Å². The molecule has 1 aromatic carbocycles. The lowest BCUT2D eigenvalue weighted by atomic mass is 10.1. The van der Waals surface area contributed by atoms with Crippen LogP contribution in [-0.2, 0) is 11.2 Å². The average Bonchev–Trinajstić information content (AvgIpc) is 3.03. The molecule has 0 aliphatic rings. The first-order valence-corrected chi connectivity index (χ1v) is 7.01. The van der Waals surface area contributed by atoms with E-state index in [1.807, 2.05) is 24.3 Å². The molecule has 0 saturated carbocycles. The van der Waals surface area contributed by atoms with Gasteiger partial charge in [-0.05, 0) is 37.1 Å². The van der Waals surface area contributed by atoms with Crippen LogP contribution in [0.25, 0.3) is 0 Å². The van der Waals surface area contributed by atoms with Crippen LogP contribution in [0.1, 0.15) is 22.8 Å². The van der Waals surface area contributed by atoms with Gasteiger partial charge in [0.1, 0.15) is 12.3 Å². The number of nitrogen functional groups attached to an aromatic ring is 1. The molecule has 0 aliphatic carbocycles. The zero-order valence-corrected chi connectivity index (χ0v) is 12.3. The molecule has 1 aromatic heterocycles. The lowest BCUT2D eigenvalue weighted by Crippen LogP contribution is -2.45. The number of carbonyl (C=O) groups is 2. The summed E-state index contributed by atoms with van der Waals surface area (Å²) >= 11 is 0. The standard InChI is InChI=1S/C16H19N3O3/c1-11(19-16(21)13-7-9-22-10-13)15(20)18-8-6-12-2-4-14(17)5-3-12/h2-5,7,9-11H,6,8,17H2,1H3,(H,18,20)(H,19,21). The lowest BCUT2D eigenvalue weighted by Gasteiger charge is -2.13. The third-order valence-corrected chi connectivity index (χ3v) is 3.22. The Morgan fingerprint density at radius 3 is 2.59 bits per heavy atom. The Hall–Kier alpha value is -2.76. The van der Waals surface area contributed by atoms with E-state index in [9.17, 15) is 9.59 Å². The molecule has 6 heteroatoms. The highest BCUT2D eigenvalue weighted by molar-refractivity contribution is 5.97. The number of rotatable bonds is 6. The Balaban J connectivity index is 1.74. The molecular weight excluding hydrogens is 282 g/mol. The second-order valence-electron chi connectivity index (χ2n) is 4.99. The van der Waals surface area contributed by atoms with Gasteiger partial charge in [0.25, 0.3) is 5.91 Å². The van der Waals surface area contributed by atoms with Crippen molar-refractivity contribution < 1.29 is 14.0 Å². The van der Waals surface area contributed by atoms with E-state index in [1.54, 1.807) is 13.0 Å². The van der Waals surface area contributed by atoms with Gasteiger partial charge in [-0.2, -0.15) is 0 Å². The van der Waals surface area contributed by atoms with Crippen molar-refractivity contribution in [3.8, 4) is 0 Å². The summed E-state index contributed by atoms with van der Waals surface area (Å²) < 4.78 is 4.83. The third-order valence-electron chi connectivity index (χ3n) is 3.22. The molecule has 0 spiro atoms. The van der Waals surface area contributed by atoms with Crippen molar-refractivity contribution in [1.29, 1.82) is 0 Å². The van der Waals surface area contributed by atoms with E-state index >= 15 is 0 Å². The van der Waals surface area contributed by atoms with Crippen LogP contribution in [0.4, 0.5) is 5.69 Å². The molecule has 0 bridgehead atoms. The minimum Gasteiger partial charge on any atom is -0.472 e. The van der Waals surface area contributed by atoms with Crippen molar-refractivity contribution in [2.75, 3.05) is 12.3 Å². The Labute approximate surface area is 128 Å². The molecule has 0 saturated heterocycles. The SMILES string of the molecule is CC(NC(=O)c1ccoc1)C(=O)NCCc1ccc(N)cc1. The highest BCUT2D eigenvalue weighted by atomic mass is 16.3. The van der Waals surface area contributed by atoms with Crippen LogP contribution >= 0.6 is 0 Å². The molecule has 1 unspecified atom stereocenters. The molecule has 116 valence electrons. The molecule has 2 rings (SSSR count). The maximum atomic E-state index is 11.9. The fourth-order valence-corrected chi connectivity index (χ4v) is 1.91. The summed E-state index contributed by atoms with van der Waals surface area (Å²) in [6.45, 7) is 2.13. The fraction of sp³-hybridized carbons (Fsp3) is 0.250. The summed E-state index contributed by atoms with van der Waals surface area (Å²) in [7, 11) is 0. The highest BCUT2D eigenvalue weighted by Crippen LogP contribution is 2.05. The van der Waals surface area contributed by atoms with Gasteiger partial charge in [-0.3, -0.25) is 9.59 Å². The predicted octanol–water partition coefficient (Wildman–Crippen LogP) is 1.34. The van der Waals surface area contributed by atoms with Gasteiger partial charge in [0, 0.05) is 12.2 Å². The summed E-state index contributed by atoms with van der Waals surface area (Å²) in [5.41, 5.74) is 7.80. The van der Waals surface area contributed by atoms with Gasteiger partial charge in [-0.15, -0.1) is 0 Å². The first-order chi connectivity index (χ1) is 10.6. The summed E-state index contributed by atoms with van der Waals surface area (Å²) in [4.78, 5) is 23.7. The van der Waals surface area contributed by atoms with Crippen LogP contribution in [0.2, 0.25) is 0 Å². The highest BCUT2D eigenvalue weighted by Gasteiger charge is 2.16. The number of nitrogens with one attached hydrogen (secondary N) is 2. The quantitative estimate of drug-likeness (QED) is 0.701. The monoisotopic (exact) mass is 301 g/mol. The van der Waals surface area contributed by atoms with E-state index in [1.165, 1.54) is 12.5 Å². The third kappa shape index (κ3) is 4.37. The van der Waals surface area contributed by atoms with Crippen molar-refractivity contribution in [3.63, 3.8) is 0 Å². The number of hydrogen-bond acceptors (Lipinski definition) is 4. The molecule has 2 amide bonds. The zero-order valence-electron chi connectivity index (χ0n) is 12.3. The molecule has 0 fully saturated rings. The largest absolute Gasteiger partial charge is 0.472 e. The molecule has 0 radical (unpaired) electrons. The van der Waals surface area contributed by atoms with Crippen LogP contribution in [0.3, 0.4) is 0 Å². The van der Waals surface area contributed by atoms with Crippen molar-refractivity contribution in [3.05, 3.63) is 54.0 Å². The molecular formula is C16H19N3O3. The van der Waals surface area contributed by atoms with Gasteiger partial charge in [0.05, 0.1) is 11.8 Å². The molecule has 22 heavy (non-hydrogen) atoms. The van der Waals surface area contributed by atoms with Crippen LogP contribution in [0, 0.1) is 0 Å². The lowest BCUT2D eigenvalue weighted by molar-refractivity contribution is -0.122. The second kappa shape index (κ2) is 7.31. The van der Waals surface area contributed by atoms with E-state index in [4.69, 9.17) is 10.2 Å². The van der Waals surface area contributed by atoms with Crippen LogP contribution in [-0.4, -0.2) is 24.4 Å². The number of benzene rings is 1. The van der Waals surface area contributed by atoms with Gasteiger partial charge in [0.15, 0.2) is 0 Å². The van der Waals surface area contributed by atoms with Crippen molar-refractivity contribution in [2.24, 2.45) is 0 Å². The topological polar surface area (TPSA) is 97.4 Å². The van der Waals surface area contributed by atoms with E-state index in [0.717, 1.165) is 5.56 Å². The smallest absolute Gasteiger partial charge is 0.255 e. The number of nitrogens with two attached hydrogens (primary N) is 1. The number of anilines is 1. The second-order valence-corrected chi connectivity index (χ2v) is 4.99. The van der Waals surface area contributed by atoms with Crippen molar-refractivity contribution >= 4 is 17.5 Å². The first-order valence-electron chi connectivity index (χ1n) is 7.01. The maximum Gasteiger partial charge on any atom is 0.255 e. The van der Waals surface area contributed by atoms with Crippen molar-refractivity contribution in [1.82, 2.24) is 10.6 Å². The molecule has 0 aliphatic heterocycles. The number of amides is 2. The van der Waals surface area contributed by atoms with Gasteiger partial charge in [0.2, 0.25) is 5.91 Å².